The van der Waals surface area contributed by atoms with E-state index in [2.05, 4.69) is 15.4 Å². The molecule has 0 aromatic rings. The number of methoxy groups -OCH3 is 1. The van der Waals surface area contributed by atoms with Crippen LogP contribution in [-0.4, -0.2) is 55.5 Å². The van der Waals surface area contributed by atoms with Crippen molar-refractivity contribution >= 4 is 18.0 Å². The zero-order valence-electron chi connectivity index (χ0n) is 9.32. The van der Waals surface area contributed by atoms with Crippen molar-refractivity contribution in [3.05, 3.63) is 0 Å². The molecular formula is C9H14N2O6. The third-order valence-electron chi connectivity index (χ3n) is 2.40. The molecule has 1 atom stereocenters. The SMILES string of the molecule is COC(=O)CNC(=O)NC1(C(=O)O)CCOC1. The highest BCUT2D eigenvalue weighted by molar-refractivity contribution is 5.88. The van der Waals surface area contributed by atoms with Crippen molar-refractivity contribution < 1.29 is 29.0 Å². The highest BCUT2D eigenvalue weighted by atomic mass is 16.5. The lowest BCUT2D eigenvalue weighted by atomic mass is 9.99. The Labute approximate surface area is 97.3 Å². The van der Waals surface area contributed by atoms with Gasteiger partial charge >= 0.3 is 18.0 Å². The van der Waals surface area contributed by atoms with E-state index < -0.39 is 23.5 Å². The summed E-state index contributed by atoms with van der Waals surface area (Å²) in [4.78, 5) is 33.2. The van der Waals surface area contributed by atoms with Gasteiger partial charge in [0.05, 0.1) is 13.7 Å². The molecule has 17 heavy (non-hydrogen) atoms. The topological polar surface area (TPSA) is 114 Å². The van der Waals surface area contributed by atoms with Crippen LogP contribution in [0.1, 0.15) is 6.42 Å². The molecule has 0 aliphatic carbocycles. The Morgan fingerprint density at radius 2 is 2.18 bits per heavy atom. The van der Waals surface area contributed by atoms with E-state index in [1.165, 1.54) is 7.11 Å². The van der Waals surface area contributed by atoms with Gasteiger partial charge in [-0.2, -0.15) is 0 Å². The molecule has 8 heteroatoms. The van der Waals surface area contributed by atoms with Gasteiger partial charge in [-0.05, 0) is 0 Å². The number of rotatable bonds is 4. The van der Waals surface area contributed by atoms with Crippen molar-refractivity contribution in [2.24, 2.45) is 0 Å². The third kappa shape index (κ3) is 3.31. The molecule has 1 unspecified atom stereocenters. The third-order valence-corrected chi connectivity index (χ3v) is 2.40. The van der Waals surface area contributed by atoms with Gasteiger partial charge in [-0.1, -0.05) is 0 Å². The van der Waals surface area contributed by atoms with Crippen LogP contribution in [0.15, 0.2) is 0 Å². The van der Waals surface area contributed by atoms with Gasteiger partial charge < -0.3 is 25.2 Å². The highest BCUT2D eigenvalue weighted by Crippen LogP contribution is 2.18. The Morgan fingerprint density at radius 1 is 1.47 bits per heavy atom. The second kappa shape index (κ2) is 5.48. The van der Waals surface area contributed by atoms with Gasteiger partial charge in [0, 0.05) is 13.0 Å². The molecule has 1 aliphatic heterocycles. The molecule has 2 amide bonds. The molecule has 0 bridgehead atoms. The second-order valence-corrected chi connectivity index (χ2v) is 3.57. The quantitative estimate of drug-likeness (QED) is 0.531. The molecule has 0 saturated carbocycles. The summed E-state index contributed by atoms with van der Waals surface area (Å²) in [5.74, 6) is -1.78. The Hall–Kier alpha value is -1.83. The lowest BCUT2D eigenvalue weighted by Crippen LogP contribution is -2.58. The van der Waals surface area contributed by atoms with Gasteiger partial charge in [-0.25, -0.2) is 9.59 Å². The van der Waals surface area contributed by atoms with Crippen molar-refractivity contribution in [3.63, 3.8) is 0 Å². The predicted octanol–water partition coefficient (Wildman–Crippen LogP) is -1.30. The highest BCUT2D eigenvalue weighted by Gasteiger charge is 2.44. The van der Waals surface area contributed by atoms with Gasteiger partial charge in [0.2, 0.25) is 0 Å². The molecule has 0 aromatic carbocycles. The summed E-state index contributed by atoms with van der Waals surface area (Å²) in [6.45, 7) is -0.142. The van der Waals surface area contributed by atoms with E-state index in [9.17, 15) is 14.4 Å². The lowest BCUT2D eigenvalue weighted by molar-refractivity contribution is -0.144. The maximum Gasteiger partial charge on any atom is 0.332 e. The zero-order valence-corrected chi connectivity index (χ0v) is 9.32. The van der Waals surface area contributed by atoms with Crippen LogP contribution in [0.4, 0.5) is 4.79 Å². The Morgan fingerprint density at radius 3 is 2.65 bits per heavy atom. The van der Waals surface area contributed by atoms with Gasteiger partial charge in [-0.15, -0.1) is 0 Å². The van der Waals surface area contributed by atoms with Crippen LogP contribution >= 0.6 is 0 Å². The number of aliphatic carboxylic acids is 1. The first-order valence-corrected chi connectivity index (χ1v) is 4.94. The van der Waals surface area contributed by atoms with E-state index in [0.717, 1.165) is 0 Å². The van der Waals surface area contributed by atoms with Crippen molar-refractivity contribution in [2.75, 3.05) is 26.9 Å². The van der Waals surface area contributed by atoms with Crippen LogP contribution < -0.4 is 10.6 Å². The van der Waals surface area contributed by atoms with Gasteiger partial charge in [-0.3, -0.25) is 4.79 Å². The fourth-order valence-electron chi connectivity index (χ4n) is 1.37. The fraction of sp³-hybridized carbons (Fsp3) is 0.667. The molecule has 96 valence electrons. The normalized spacial score (nSPS) is 22.9. The van der Waals surface area contributed by atoms with Crippen LogP contribution in [0.2, 0.25) is 0 Å². The number of carboxylic acid groups (broad SMARTS) is 1. The van der Waals surface area contributed by atoms with E-state index in [0.29, 0.717) is 0 Å². The van der Waals surface area contributed by atoms with Crippen LogP contribution in [0, 0.1) is 0 Å². The second-order valence-electron chi connectivity index (χ2n) is 3.57. The minimum atomic E-state index is -1.42. The van der Waals surface area contributed by atoms with Crippen LogP contribution in [0.5, 0.6) is 0 Å². The summed E-state index contributed by atoms with van der Waals surface area (Å²) in [5.41, 5.74) is -1.42. The molecule has 0 radical (unpaired) electrons. The molecule has 0 spiro atoms. The lowest BCUT2D eigenvalue weighted by Gasteiger charge is -2.23. The Bertz CT molecular complexity index is 323. The van der Waals surface area contributed by atoms with Gasteiger partial charge in [0.15, 0.2) is 5.54 Å². The molecule has 1 rings (SSSR count). The molecule has 0 aromatic heterocycles. The number of hydrogen-bond acceptors (Lipinski definition) is 5. The van der Waals surface area contributed by atoms with Crippen LogP contribution in [0.25, 0.3) is 0 Å². The summed E-state index contributed by atoms with van der Waals surface area (Å²) in [6.07, 6.45) is 0.188. The summed E-state index contributed by atoms with van der Waals surface area (Å²) >= 11 is 0. The van der Waals surface area contributed by atoms with E-state index in [-0.39, 0.29) is 26.2 Å². The molecule has 3 N–H and O–H groups in total. The Kier molecular flexibility index (Phi) is 4.27. The van der Waals surface area contributed by atoms with Crippen LogP contribution in [0.3, 0.4) is 0 Å². The smallest absolute Gasteiger partial charge is 0.332 e. The molecule has 8 nitrogen and oxygen atoms in total. The van der Waals surface area contributed by atoms with Crippen LogP contribution in [-0.2, 0) is 19.1 Å². The molecule has 1 heterocycles. The van der Waals surface area contributed by atoms with Crippen molar-refractivity contribution in [1.29, 1.82) is 0 Å². The average Bonchev–Trinajstić information content (AvgIpc) is 2.75. The number of nitrogens with one attached hydrogen (secondary N) is 2. The van der Waals surface area contributed by atoms with Crippen molar-refractivity contribution in [1.82, 2.24) is 10.6 Å². The summed E-state index contributed by atoms with van der Waals surface area (Å²) < 4.78 is 9.28. The van der Waals surface area contributed by atoms with E-state index >= 15 is 0 Å². The summed E-state index contributed by atoms with van der Waals surface area (Å²) in [7, 11) is 1.19. The van der Waals surface area contributed by atoms with Crippen molar-refractivity contribution in [3.8, 4) is 0 Å². The Balaban J connectivity index is 2.48. The minimum absolute atomic E-state index is 0.0893. The predicted molar refractivity (Wildman–Crippen MR) is 54.4 cm³/mol. The number of carbonyl (C=O) groups is 3. The molecule has 1 saturated heterocycles. The van der Waals surface area contributed by atoms with E-state index in [4.69, 9.17) is 9.84 Å². The maximum absolute atomic E-state index is 11.4. The summed E-state index contributed by atoms with van der Waals surface area (Å²) in [6, 6.07) is -0.747. The molecular weight excluding hydrogens is 232 g/mol. The zero-order chi connectivity index (χ0) is 12.9. The number of urea groups is 1. The largest absolute Gasteiger partial charge is 0.479 e. The first kappa shape index (κ1) is 13.2. The maximum atomic E-state index is 11.4. The van der Waals surface area contributed by atoms with E-state index in [1.807, 2.05) is 0 Å². The first-order valence-electron chi connectivity index (χ1n) is 4.94. The first-order chi connectivity index (χ1) is 8.00. The number of hydrogen-bond donors (Lipinski definition) is 3. The number of carboxylic acids is 1. The molecule has 1 fully saturated rings. The van der Waals surface area contributed by atoms with E-state index in [1.54, 1.807) is 0 Å². The standard InChI is InChI=1S/C9H14N2O6/c1-16-6(12)4-10-8(15)11-9(7(13)14)2-3-17-5-9/h2-5H2,1H3,(H,13,14)(H2,10,11,15). The monoisotopic (exact) mass is 246 g/mol. The van der Waals surface area contributed by atoms with Gasteiger partial charge in [0.1, 0.15) is 6.54 Å². The number of ether oxygens (including phenoxy) is 2. The fourth-order valence-corrected chi connectivity index (χ4v) is 1.37. The van der Waals surface area contributed by atoms with Gasteiger partial charge in [0.25, 0.3) is 0 Å². The summed E-state index contributed by atoms with van der Waals surface area (Å²) in [5, 5.41) is 13.5. The van der Waals surface area contributed by atoms with Crippen molar-refractivity contribution in [2.45, 2.75) is 12.0 Å². The minimum Gasteiger partial charge on any atom is -0.479 e. The number of amides is 2. The number of esters is 1. The molecule has 1 aliphatic rings. The average molecular weight is 246 g/mol. The number of carbonyl (C=O) groups excluding carboxylic acids is 2.